The molecule has 5 nitrogen and oxygen atoms in total. The van der Waals surface area contributed by atoms with Crippen molar-refractivity contribution in [2.24, 2.45) is 11.7 Å². The molecule has 0 atom stereocenters. The van der Waals surface area contributed by atoms with Crippen LogP contribution in [0.4, 0.5) is 0 Å². The molecule has 0 spiro atoms. The predicted octanol–water partition coefficient (Wildman–Crippen LogP) is 1.31. The first kappa shape index (κ1) is 12.3. The van der Waals surface area contributed by atoms with Gasteiger partial charge in [0.2, 0.25) is 0 Å². The van der Waals surface area contributed by atoms with Crippen LogP contribution in [0, 0.1) is 12.8 Å². The van der Waals surface area contributed by atoms with Crippen molar-refractivity contribution in [3.05, 3.63) is 41.7 Å². The zero-order valence-corrected chi connectivity index (χ0v) is 11.2. The Morgan fingerprint density at radius 1 is 1.26 bits per heavy atom. The van der Waals surface area contributed by atoms with Crippen LogP contribution in [0.2, 0.25) is 0 Å². The van der Waals surface area contributed by atoms with Gasteiger partial charge in [-0.15, -0.1) is 10.2 Å². The molecule has 0 aliphatic heterocycles. The number of nitrogens with two attached hydrogens (primary N) is 1. The average molecular weight is 257 g/mol. The van der Waals surface area contributed by atoms with Gasteiger partial charge in [0, 0.05) is 24.9 Å². The van der Waals surface area contributed by atoms with Crippen molar-refractivity contribution in [3.8, 4) is 0 Å². The Labute approximate surface area is 112 Å². The van der Waals surface area contributed by atoms with Gasteiger partial charge in [-0.2, -0.15) is 0 Å². The van der Waals surface area contributed by atoms with Crippen LogP contribution < -0.4 is 5.73 Å². The fourth-order valence-electron chi connectivity index (χ4n) is 2.66. The van der Waals surface area contributed by atoms with E-state index < -0.39 is 0 Å². The summed E-state index contributed by atoms with van der Waals surface area (Å²) in [6.07, 6.45) is 6.85. The Bertz CT molecular complexity index is 542. The summed E-state index contributed by atoms with van der Waals surface area (Å²) in [7, 11) is 0. The molecule has 19 heavy (non-hydrogen) atoms. The highest BCUT2D eigenvalue weighted by molar-refractivity contribution is 5.12. The number of aromatic nitrogens is 4. The Balaban J connectivity index is 1.75. The van der Waals surface area contributed by atoms with E-state index in [0.717, 1.165) is 37.5 Å². The van der Waals surface area contributed by atoms with E-state index in [1.165, 1.54) is 5.56 Å². The third kappa shape index (κ3) is 2.66. The first-order valence-corrected chi connectivity index (χ1v) is 6.75. The lowest BCUT2D eigenvalue weighted by Gasteiger charge is -2.32. The molecule has 2 aromatic heterocycles. The average Bonchev–Trinajstić information content (AvgIpc) is 2.71. The summed E-state index contributed by atoms with van der Waals surface area (Å²) in [6.45, 7) is 2.82. The van der Waals surface area contributed by atoms with Gasteiger partial charge in [-0.3, -0.25) is 4.98 Å². The summed E-state index contributed by atoms with van der Waals surface area (Å²) in [6, 6.07) is 4.45. The highest BCUT2D eigenvalue weighted by Gasteiger charge is 2.27. The molecule has 0 amide bonds. The largest absolute Gasteiger partial charge is 0.328 e. The van der Waals surface area contributed by atoms with Gasteiger partial charge in [0.1, 0.15) is 11.6 Å². The van der Waals surface area contributed by atoms with Crippen LogP contribution >= 0.6 is 0 Å². The third-order valence-corrected chi connectivity index (χ3v) is 3.85. The van der Waals surface area contributed by atoms with Crippen LogP contribution in [0.15, 0.2) is 24.5 Å². The van der Waals surface area contributed by atoms with E-state index >= 15 is 0 Å². The van der Waals surface area contributed by atoms with Crippen LogP contribution in [0.3, 0.4) is 0 Å². The summed E-state index contributed by atoms with van der Waals surface area (Å²) in [5, 5.41) is 8.52. The van der Waals surface area contributed by atoms with Gasteiger partial charge < -0.3 is 10.3 Å². The van der Waals surface area contributed by atoms with Gasteiger partial charge in [-0.1, -0.05) is 0 Å². The number of aryl methyl sites for hydroxylation is 1. The van der Waals surface area contributed by atoms with Gasteiger partial charge in [0.25, 0.3) is 0 Å². The van der Waals surface area contributed by atoms with E-state index in [-0.39, 0.29) is 0 Å². The minimum absolute atomic E-state index is 0.391. The molecule has 0 unspecified atom stereocenters. The van der Waals surface area contributed by atoms with Crippen LogP contribution in [0.1, 0.15) is 30.1 Å². The topological polar surface area (TPSA) is 69.6 Å². The first-order chi connectivity index (χ1) is 9.22. The van der Waals surface area contributed by atoms with Gasteiger partial charge >= 0.3 is 0 Å². The molecule has 0 saturated heterocycles. The van der Waals surface area contributed by atoms with Gasteiger partial charge in [0.15, 0.2) is 0 Å². The number of hydrogen-bond acceptors (Lipinski definition) is 4. The number of hydrogen-bond donors (Lipinski definition) is 1. The molecule has 0 bridgehead atoms. The predicted molar refractivity (Wildman–Crippen MR) is 72.5 cm³/mol. The zero-order valence-electron chi connectivity index (χ0n) is 11.2. The smallest absolute Gasteiger partial charge is 0.133 e. The summed E-state index contributed by atoms with van der Waals surface area (Å²) < 4.78 is 2.19. The molecule has 2 heterocycles. The Kier molecular flexibility index (Phi) is 3.29. The van der Waals surface area contributed by atoms with Crippen molar-refractivity contribution in [2.75, 3.05) is 0 Å². The van der Waals surface area contributed by atoms with Crippen molar-refractivity contribution in [2.45, 2.75) is 38.8 Å². The molecule has 1 fully saturated rings. The van der Waals surface area contributed by atoms with E-state index in [9.17, 15) is 0 Å². The molecule has 0 aromatic carbocycles. The van der Waals surface area contributed by atoms with Crippen LogP contribution in [-0.4, -0.2) is 25.8 Å². The lowest BCUT2D eigenvalue weighted by molar-refractivity contribution is 0.258. The minimum Gasteiger partial charge on any atom is -0.328 e. The second kappa shape index (κ2) is 5.09. The number of nitrogens with zero attached hydrogens (tertiary/aromatic N) is 4. The molecule has 0 radical (unpaired) electrons. The summed E-state index contributed by atoms with van der Waals surface area (Å²) in [4.78, 5) is 4.04. The van der Waals surface area contributed by atoms with E-state index in [4.69, 9.17) is 5.73 Å². The highest BCUT2D eigenvalue weighted by Crippen LogP contribution is 2.28. The summed E-state index contributed by atoms with van der Waals surface area (Å²) in [5.74, 6) is 2.72. The Morgan fingerprint density at radius 2 is 2.00 bits per heavy atom. The third-order valence-electron chi connectivity index (χ3n) is 3.85. The maximum Gasteiger partial charge on any atom is 0.133 e. The van der Waals surface area contributed by atoms with E-state index in [1.54, 1.807) is 0 Å². The molecule has 2 aromatic rings. The van der Waals surface area contributed by atoms with E-state index in [1.807, 2.05) is 31.5 Å². The van der Waals surface area contributed by atoms with Gasteiger partial charge in [0.05, 0.1) is 6.54 Å². The second-order valence-corrected chi connectivity index (χ2v) is 5.41. The monoisotopic (exact) mass is 257 g/mol. The lowest BCUT2D eigenvalue weighted by atomic mass is 9.78. The van der Waals surface area contributed by atoms with Crippen molar-refractivity contribution in [3.63, 3.8) is 0 Å². The van der Waals surface area contributed by atoms with E-state index in [0.29, 0.717) is 12.0 Å². The van der Waals surface area contributed by atoms with Crippen LogP contribution in [0.5, 0.6) is 0 Å². The maximum absolute atomic E-state index is 5.84. The molecule has 3 rings (SSSR count). The normalized spacial score (nSPS) is 22.2. The molecule has 5 heteroatoms. The van der Waals surface area contributed by atoms with Crippen molar-refractivity contribution < 1.29 is 0 Å². The second-order valence-electron chi connectivity index (χ2n) is 5.41. The Hall–Kier alpha value is -1.75. The highest BCUT2D eigenvalue weighted by atomic mass is 15.3. The molecular weight excluding hydrogens is 238 g/mol. The van der Waals surface area contributed by atoms with E-state index in [2.05, 4.69) is 19.7 Å². The maximum atomic E-state index is 5.84. The Morgan fingerprint density at radius 3 is 2.68 bits per heavy atom. The van der Waals surface area contributed by atoms with Crippen molar-refractivity contribution >= 4 is 0 Å². The summed E-state index contributed by atoms with van der Waals surface area (Å²) >= 11 is 0. The quantitative estimate of drug-likeness (QED) is 0.896. The van der Waals surface area contributed by atoms with Gasteiger partial charge in [-0.25, -0.2) is 0 Å². The summed E-state index contributed by atoms with van der Waals surface area (Å²) in [5.41, 5.74) is 7.07. The lowest BCUT2D eigenvalue weighted by Crippen LogP contribution is -2.37. The SMILES string of the molecule is Cc1nnc(CC2CC(N)C2)n1Cc1ccncc1. The zero-order chi connectivity index (χ0) is 13.2. The molecule has 1 aliphatic carbocycles. The molecular formula is C14H19N5. The van der Waals surface area contributed by atoms with Crippen LogP contribution in [0.25, 0.3) is 0 Å². The standard InChI is InChI=1S/C14H19N5/c1-10-17-18-14(8-12-6-13(15)7-12)19(10)9-11-2-4-16-5-3-11/h2-5,12-13H,6-9,15H2,1H3. The van der Waals surface area contributed by atoms with Crippen LogP contribution in [-0.2, 0) is 13.0 Å². The number of pyridine rings is 1. The first-order valence-electron chi connectivity index (χ1n) is 6.75. The number of rotatable bonds is 4. The minimum atomic E-state index is 0.391. The van der Waals surface area contributed by atoms with Gasteiger partial charge in [-0.05, 0) is 43.4 Å². The molecule has 1 saturated carbocycles. The fourth-order valence-corrected chi connectivity index (χ4v) is 2.66. The molecule has 100 valence electrons. The fraction of sp³-hybridized carbons (Fsp3) is 0.500. The molecule has 1 aliphatic rings. The molecule has 2 N–H and O–H groups in total. The van der Waals surface area contributed by atoms with Crippen molar-refractivity contribution in [1.29, 1.82) is 0 Å². The van der Waals surface area contributed by atoms with Crippen molar-refractivity contribution in [1.82, 2.24) is 19.7 Å².